The molecule has 0 radical (unpaired) electrons. The number of halogens is 3. The van der Waals surface area contributed by atoms with E-state index < -0.39 is 25.0 Å². The smallest absolute Gasteiger partial charge is 0.350 e. The van der Waals surface area contributed by atoms with Crippen LogP contribution in [0.1, 0.15) is 34.1 Å². The third kappa shape index (κ3) is 4.08. The van der Waals surface area contributed by atoms with Crippen LogP contribution in [0.25, 0.3) is 10.3 Å². The lowest BCUT2D eigenvalue weighted by molar-refractivity contribution is -0.132. The van der Waals surface area contributed by atoms with Gasteiger partial charge in [0.25, 0.3) is 5.91 Å². The molecule has 1 atom stereocenters. The van der Waals surface area contributed by atoms with Gasteiger partial charge in [-0.2, -0.15) is 13.2 Å². The second-order valence-electron chi connectivity index (χ2n) is 6.93. The van der Waals surface area contributed by atoms with Crippen LogP contribution in [-0.4, -0.2) is 46.7 Å². The molecule has 3 aromatic rings. The fourth-order valence-corrected chi connectivity index (χ4v) is 4.39. The number of hydrogen-bond acceptors (Lipinski definition) is 7. The van der Waals surface area contributed by atoms with Crippen LogP contribution in [0.3, 0.4) is 0 Å². The summed E-state index contributed by atoms with van der Waals surface area (Å²) in [6.45, 7) is 0.731. The van der Waals surface area contributed by atoms with Crippen LogP contribution in [0.2, 0.25) is 0 Å². The lowest BCUT2D eigenvalue weighted by Crippen LogP contribution is -2.27. The summed E-state index contributed by atoms with van der Waals surface area (Å²) in [6.07, 6.45) is -3.20. The Kier molecular flexibility index (Phi) is 5.56. The van der Waals surface area contributed by atoms with E-state index in [0.717, 1.165) is 23.4 Å². The summed E-state index contributed by atoms with van der Waals surface area (Å²) in [5.74, 6) is 0.161. The minimum atomic E-state index is -4.33. The highest BCUT2D eigenvalue weighted by Crippen LogP contribution is 2.43. The third-order valence-corrected chi connectivity index (χ3v) is 5.87. The number of hydrogen-bond donors (Lipinski definition) is 2. The molecule has 0 saturated heterocycles. The van der Waals surface area contributed by atoms with E-state index in [1.54, 1.807) is 0 Å². The number of para-hydroxylation sites is 1. The van der Waals surface area contributed by atoms with Crippen molar-refractivity contribution in [1.82, 2.24) is 20.3 Å². The molecule has 1 aliphatic heterocycles. The number of benzene rings is 1. The number of nitrogens with two attached hydrogens (primary N) is 1. The van der Waals surface area contributed by atoms with Crippen LogP contribution >= 0.6 is 11.3 Å². The second kappa shape index (κ2) is 8.15. The number of aromatic nitrogens is 3. The van der Waals surface area contributed by atoms with Gasteiger partial charge in [-0.3, -0.25) is 4.79 Å². The third-order valence-electron chi connectivity index (χ3n) is 4.91. The zero-order valence-electron chi connectivity index (χ0n) is 15.8. The molecule has 30 heavy (non-hydrogen) atoms. The SMILES string of the molecule is NCCC1CN(c2ncnc3sc(C(=O)NCCC(F)(F)F)nc23)c2ccccc21. The van der Waals surface area contributed by atoms with E-state index in [1.807, 2.05) is 23.1 Å². The summed E-state index contributed by atoms with van der Waals surface area (Å²) in [6, 6.07) is 7.98. The van der Waals surface area contributed by atoms with Crippen LogP contribution in [0.4, 0.5) is 24.7 Å². The molecule has 11 heteroatoms. The lowest BCUT2D eigenvalue weighted by atomic mass is 9.98. The molecule has 0 spiro atoms. The number of alkyl halides is 3. The van der Waals surface area contributed by atoms with Gasteiger partial charge in [0.05, 0.1) is 6.42 Å². The number of thiazole rings is 1. The maximum atomic E-state index is 12.3. The monoisotopic (exact) mass is 436 g/mol. The lowest BCUT2D eigenvalue weighted by Gasteiger charge is -2.18. The van der Waals surface area contributed by atoms with E-state index in [4.69, 9.17) is 5.73 Å². The Hall–Kier alpha value is -2.79. The van der Waals surface area contributed by atoms with Crippen LogP contribution in [0, 0.1) is 0 Å². The summed E-state index contributed by atoms with van der Waals surface area (Å²) in [5.41, 5.74) is 8.40. The van der Waals surface area contributed by atoms with Gasteiger partial charge < -0.3 is 16.0 Å². The number of nitrogens with one attached hydrogen (secondary N) is 1. The topological polar surface area (TPSA) is 97.0 Å². The van der Waals surface area contributed by atoms with Crippen LogP contribution in [0.5, 0.6) is 0 Å². The molecule has 1 amide bonds. The summed E-state index contributed by atoms with van der Waals surface area (Å²) in [7, 11) is 0. The minimum Gasteiger partial charge on any atom is -0.350 e. The molecule has 158 valence electrons. The van der Waals surface area contributed by atoms with E-state index in [0.29, 0.717) is 29.3 Å². The van der Waals surface area contributed by atoms with Crippen molar-refractivity contribution < 1.29 is 18.0 Å². The van der Waals surface area contributed by atoms with Crippen LogP contribution < -0.4 is 16.0 Å². The molecule has 1 aromatic carbocycles. The highest BCUT2D eigenvalue weighted by atomic mass is 32.1. The summed E-state index contributed by atoms with van der Waals surface area (Å²) in [4.78, 5) is 27.7. The molecule has 7 nitrogen and oxygen atoms in total. The van der Waals surface area contributed by atoms with Gasteiger partial charge in [0.1, 0.15) is 16.7 Å². The Labute approximate surface area is 174 Å². The standard InChI is InChI=1S/C19H19F3N6OS/c20-19(21,22)6-8-24-16(29)18-27-14-15(25-10-26-17(14)30-18)28-9-11(5-7-23)12-3-1-2-4-13(12)28/h1-4,10-11H,5-9,23H2,(H,24,29). The average Bonchev–Trinajstić information content (AvgIpc) is 3.29. The summed E-state index contributed by atoms with van der Waals surface area (Å²) >= 11 is 1.03. The average molecular weight is 436 g/mol. The second-order valence-corrected chi connectivity index (χ2v) is 7.91. The molecule has 1 unspecified atom stereocenters. The molecule has 0 bridgehead atoms. The first kappa shape index (κ1) is 20.5. The molecule has 0 aliphatic carbocycles. The maximum absolute atomic E-state index is 12.3. The van der Waals surface area contributed by atoms with E-state index in [2.05, 4.69) is 26.3 Å². The number of carbonyl (C=O) groups is 1. The number of nitrogens with zero attached hydrogens (tertiary/aromatic N) is 4. The molecule has 1 aliphatic rings. The van der Waals surface area contributed by atoms with E-state index in [-0.39, 0.29) is 10.9 Å². The Balaban J connectivity index is 1.63. The van der Waals surface area contributed by atoms with Crippen molar-refractivity contribution in [2.45, 2.75) is 24.9 Å². The maximum Gasteiger partial charge on any atom is 0.390 e. The minimum absolute atomic E-state index is 0.0555. The first-order valence-electron chi connectivity index (χ1n) is 9.40. The molecule has 3 N–H and O–H groups in total. The zero-order chi connectivity index (χ0) is 21.3. The fraction of sp³-hybridized carbons (Fsp3) is 0.368. The van der Waals surface area contributed by atoms with E-state index in [1.165, 1.54) is 11.9 Å². The van der Waals surface area contributed by atoms with Crippen LogP contribution in [0.15, 0.2) is 30.6 Å². The van der Waals surface area contributed by atoms with Crippen molar-refractivity contribution in [3.8, 4) is 0 Å². The number of amides is 1. The van der Waals surface area contributed by atoms with E-state index >= 15 is 0 Å². The molecule has 4 rings (SSSR count). The van der Waals surface area contributed by atoms with Gasteiger partial charge >= 0.3 is 6.18 Å². The van der Waals surface area contributed by atoms with Gasteiger partial charge in [-0.05, 0) is 24.6 Å². The number of carbonyl (C=O) groups excluding carboxylic acids is 1. The van der Waals surface area contributed by atoms with Crippen molar-refractivity contribution >= 4 is 39.1 Å². The largest absolute Gasteiger partial charge is 0.390 e. The summed E-state index contributed by atoms with van der Waals surface area (Å²) in [5, 5.41) is 2.31. The fourth-order valence-electron chi connectivity index (χ4n) is 3.57. The first-order chi connectivity index (χ1) is 14.4. The quantitative estimate of drug-likeness (QED) is 0.615. The predicted octanol–water partition coefficient (Wildman–Crippen LogP) is 3.35. The molecule has 0 saturated carbocycles. The van der Waals surface area contributed by atoms with Crippen molar-refractivity contribution in [1.29, 1.82) is 0 Å². The number of anilines is 2. The van der Waals surface area contributed by atoms with E-state index in [9.17, 15) is 18.0 Å². The Morgan fingerprint density at radius 1 is 1.30 bits per heavy atom. The molecular formula is C19H19F3N6OS. The van der Waals surface area contributed by atoms with Gasteiger partial charge in [0, 0.05) is 24.7 Å². The molecule has 0 fully saturated rings. The number of fused-ring (bicyclic) bond motifs is 2. The van der Waals surface area contributed by atoms with Crippen molar-refractivity contribution in [3.05, 3.63) is 41.2 Å². The molecule has 2 aromatic heterocycles. The van der Waals surface area contributed by atoms with Crippen molar-refractivity contribution in [3.63, 3.8) is 0 Å². The molecule has 3 heterocycles. The highest BCUT2D eigenvalue weighted by molar-refractivity contribution is 7.19. The molecular weight excluding hydrogens is 417 g/mol. The van der Waals surface area contributed by atoms with Crippen molar-refractivity contribution in [2.24, 2.45) is 5.73 Å². The van der Waals surface area contributed by atoms with Gasteiger partial charge in [-0.25, -0.2) is 15.0 Å². The predicted molar refractivity (Wildman–Crippen MR) is 108 cm³/mol. The Bertz CT molecular complexity index is 1070. The van der Waals surface area contributed by atoms with Crippen molar-refractivity contribution in [2.75, 3.05) is 24.5 Å². The zero-order valence-corrected chi connectivity index (χ0v) is 16.6. The Morgan fingerprint density at radius 2 is 2.10 bits per heavy atom. The van der Waals surface area contributed by atoms with Gasteiger partial charge in [0.2, 0.25) is 0 Å². The normalized spacial score (nSPS) is 16.1. The highest BCUT2D eigenvalue weighted by Gasteiger charge is 2.31. The van der Waals surface area contributed by atoms with Gasteiger partial charge in [-0.1, -0.05) is 29.5 Å². The first-order valence-corrected chi connectivity index (χ1v) is 10.2. The summed E-state index contributed by atoms with van der Waals surface area (Å²) < 4.78 is 36.9. The Morgan fingerprint density at radius 3 is 2.87 bits per heavy atom. The van der Waals surface area contributed by atoms with Crippen LogP contribution in [-0.2, 0) is 0 Å². The van der Waals surface area contributed by atoms with Gasteiger partial charge in [0.15, 0.2) is 10.8 Å². The van der Waals surface area contributed by atoms with Gasteiger partial charge in [-0.15, -0.1) is 0 Å². The number of rotatable bonds is 6.